The largest absolute Gasteiger partial charge is 0.361 e. The predicted molar refractivity (Wildman–Crippen MR) is 159 cm³/mol. The predicted octanol–water partition coefficient (Wildman–Crippen LogP) is 6.17. The number of sulfonamides is 1. The Morgan fingerprint density at radius 3 is 2.50 bits per heavy atom. The minimum Gasteiger partial charge on any atom is -0.361 e. The number of nitrogens with one attached hydrogen (secondary N) is 3. The van der Waals surface area contributed by atoms with Crippen molar-refractivity contribution in [3.05, 3.63) is 94.4 Å². The van der Waals surface area contributed by atoms with Crippen molar-refractivity contribution in [3.8, 4) is 0 Å². The molecule has 1 atom stereocenters. The summed E-state index contributed by atoms with van der Waals surface area (Å²) in [5.41, 5.74) is 0.853. The molecule has 10 heteroatoms. The molecule has 5 rings (SSSR count). The highest BCUT2D eigenvalue weighted by Crippen LogP contribution is 2.38. The first-order valence-electron chi connectivity index (χ1n) is 13.4. The van der Waals surface area contributed by atoms with Crippen LogP contribution in [0, 0.1) is 0 Å². The molecule has 0 aliphatic heterocycles. The molecule has 4 aromatic rings. The Morgan fingerprint density at radius 1 is 1.02 bits per heavy atom. The van der Waals surface area contributed by atoms with Crippen molar-refractivity contribution in [1.82, 2.24) is 20.0 Å². The van der Waals surface area contributed by atoms with E-state index in [9.17, 15) is 13.2 Å². The Morgan fingerprint density at radius 2 is 1.77 bits per heavy atom. The van der Waals surface area contributed by atoms with Gasteiger partial charge < -0.3 is 10.3 Å². The zero-order valence-electron chi connectivity index (χ0n) is 22.2. The number of benzene rings is 2. The number of aromatic nitrogens is 2. The molecule has 1 saturated carbocycles. The van der Waals surface area contributed by atoms with Crippen molar-refractivity contribution >= 4 is 50.0 Å². The minimum atomic E-state index is -4.15. The third kappa shape index (κ3) is 5.91. The second-order valence-corrected chi connectivity index (χ2v) is 13.3. The number of carbonyl (C=O) groups excluding carboxylic acids is 1. The van der Waals surface area contributed by atoms with Crippen LogP contribution in [-0.4, -0.2) is 36.4 Å². The Kier molecular flexibility index (Phi) is 8.25. The van der Waals surface area contributed by atoms with Gasteiger partial charge in [-0.15, -0.1) is 0 Å². The number of pyridine rings is 1. The van der Waals surface area contributed by atoms with Crippen molar-refractivity contribution in [2.24, 2.45) is 0 Å². The van der Waals surface area contributed by atoms with Crippen LogP contribution in [0.5, 0.6) is 0 Å². The Hall–Kier alpha value is -2.91. The van der Waals surface area contributed by atoms with Gasteiger partial charge in [0.15, 0.2) is 0 Å². The second-order valence-electron chi connectivity index (χ2n) is 10.8. The number of aromatic amines is 1. The highest BCUT2D eigenvalue weighted by atomic mass is 35.5. The molecule has 0 saturated heterocycles. The van der Waals surface area contributed by atoms with Crippen LogP contribution >= 0.6 is 23.2 Å². The zero-order chi connectivity index (χ0) is 28.4. The Labute approximate surface area is 244 Å². The normalized spacial score (nSPS) is 16.9. The summed E-state index contributed by atoms with van der Waals surface area (Å²) in [6, 6.07) is 17.7. The molecule has 2 aromatic heterocycles. The van der Waals surface area contributed by atoms with Crippen LogP contribution in [-0.2, 0) is 26.7 Å². The van der Waals surface area contributed by atoms with E-state index in [0.29, 0.717) is 6.54 Å². The van der Waals surface area contributed by atoms with Gasteiger partial charge in [-0.25, -0.2) is 8.42 Å². The third-order valence-corrected chi connectivity index (χ3v) is 10.2. The summed E-state index contributed by atoms with van der Waals surface area (Å²) in [5, 5.41) is 4.40. The van der Waals surface area contributed by atoms with Crippen LogP contribution < -0.4 is 10.0 Å². The number of para-hydroxylation sites is 1. The number of nitrogens with zero attached hydrogens (tertiary/aromatic N) is 1. The van der Waals surface area contributed by atoms with E-state index in [1.54, 1.807) is 13.1 Å². The highest BCUT2D eigenvalue weighted by molar-refractivity contribution is 7.89. The van der Waals surface area contributed by atoms with E-state index in [0.717, 1.165) is 54.3 Å². The molecule has 7 nitrogen and oxygen atoms in total. The molecular formula is C30H32Cl2N4O3S. The fourth-order valence-electron chi connectivity index (χ4n) is 5.69. The summed E-state index contributed by atoms with van der Waals surface area (Å²) in [4.78, 5) is 21.8. The SMILES string of the molecule is C[C@@](Cc1c[nH]c2ccccc12)(NS(=O)(=O)c1ccc(Cl)c(Cl)c1)C(=O)NCC1(c2ccccn2)CCCCC1. The lowest BCUT2D eigenvalue weighted by Gasteiger charge is -2.38. The van der Waals surface area contributed by atoms with E-state index in [1.165, 1.54) is 18.2 Å². The molecule has 40 heavy (non-hydrogen) atoms. The Bertz CT molecular complexity index is 1620. The molecule has 1 fully saturated rings. The van der Waals surface area contributed by atoms with Crippen molar-refractivity contribution in [3.63, 3.8) is 0 Å². The van der Waals surface area contributed by atoms with Gasteiger partial charge in [0.2, 0.25) is 15.9 Å². The molecule has 1 aliphatic rings. The van der Waals surface area contributed by atoms with E-state index < -0.39 is 21.5 Å². The van der Waals surface area contributed by atoms with Crippen LogP contribution in [0.4, 0.5) is 0 Å². The van der Waals surface area contributed by atoms with Gasteiger partial charge >= 0.3 is 0 Å². The summed E-state index contributed by atoms with van der Waals surface area (Å²) in [6.45, 7) is 1.98. The van der Waals surface area contributed by atoms with Gasteiger partial charge in [-0.3, -0.25) is 9.78 Å². The quantitative estimate of drug-likeness (QED) is 0.214. The van der Waals surface area contributed by atoms with E-state index in [4.69, 9.17) is 23.2 Å². The second kappa shape index (κ2) is 11.5. The van der Waals surface area contributed by atoms with E-state index in [2.05, 4.69) is 20.0 Å². The van der Waals surface area contributed by atoms with Crippen LogP contribution in [0.2, 0.25) is 10.0 Å². The molecule has 0 radical (unpaired) electrons. The smallest absolute Gasteiger partial charge is 0.241 e. The Balaban J connectivity index is 1.47. The van der Waals surface area contributed by atoms with Gasteiger partial charge in [-0.2, -0.15) is 4.72 Å². The van der Waals surface area contributed by atoms with Gasteiger partial charge in [0, 0.05) is 47.4 Å². The molecule has 0 spiro atoms. The number of amides is 1. The molecule has 0 unspecified atom stereocenters. The van der Waals surface area contributed by atoms with E-state index in [1.807, 2.05) is 48.7 Å². The molecule has 0 bridgehead atoms. The average molecular weight is 600 g/mol. The molecule has 2 heterocycles. The topological polar surface area (TPSA) is 104 Å². The van der Waals surface area contributed by atoms with Gasteiger partial charge in [0.05, 0.1) is 14.9 Å². The van der Waals surface area contributed by atoms with E-state index in [-0.39, 0.29) is 26.8 Å². The number of carbonyl (C=O) groups is 1. The molecule has 3 N–H and O–H groups in total. The van der Waals surface area contributed by atoms with Gasteiger partial charge in [-0.05, 0) is 61.7 Å². The van der Waals surface area contributed by atoms with Crippen LogP contribution in [0.25, 0.3) is 10.9 Å². The van der Waals surface area contributed by atoms with Crippen LogP contribution in [0.15, 0.2) is 78.0 Å². The monoisotopic (exact) mass is 598 g/mol. The standard InChI is InChI=1S/C30H32Cl2N4O3S/c1-29(18-21-19-34-26-10-4-3-9-23(21)26,36-40(38,39)22-12-13-24(31)25(32)17-22)28(37)35-20-30(14-6-2-7-15-30)27-11-5-8-16-33-27/h3-5,8-13,16-17,19,34,36H,2,6-7,14-15,18,20H2,1H3,(H,35,37)/t29-/m0/s1. The highest BCUT2D eigenvalue weighted by Gasteiger charge is 2.41. The van der Waals surface area contributed by atoms with Crippen LogP contribution in [0.1, 0.15) is 50.3 Å². The fourth-order valence-corrected chi connectivity index (χ4v) is 7.45. The average Bonchev–Trinajstić information content (AvgIpc) is 3.36. The van der Waals surface area contributed by atoms with Gasteiger partial charge in [0.25, 0.3) is 0 Å². The first kappa shape index (κ1) is 28.6. The number of halogens is 2. The summed E-state index contributed by atoms with van der Waals surface area (Å²) in [7, 11) is -4.15. The summed E-state index contributed by atoms with van der Waals surface area (Å²) in [5.74, 6) is -0.415. The summed E-state index contributed by atoms with van der Waals surface area (Å²) >= 11 is 12.2. The first-order chi connectivity index (χ1) is 19.1. The maximum Gasteiger partial charge on any atom is 0.241 e. The summed E-state index contributed by atoms with van der Waals surface area (Å²) < 4.78 is 29.9. The van der Waals surface area contributed by atoms with Crippen molar-refractivity contribution < 1.29 is 13.2 Å². The lowest BCUT2D eigenvalue weighted by Crippen LogP contribution is -2.59. The van der Waals surface area contributed by atoms with Crippen molar-refractivity contribution in [2.45, 2.75) is 61.3 Å². The fraction of sp³-hybridized carbons (Fsp3) is 0.333. The third-order valence-electron chi connectivity index (χ3n) is 7.89. The molecule has 210 valence electrons. The van der Waals surface area contributed by atoms with E-state index >= 15 is 0 Å². The minimum absolute atomic E-state index is 0.0721. The zero-order valence-corrected chi connectivity index (χ0v) is 24.5. The molecule has 2 aromatic carbocycles. The number of hydrogen-bond donors (Lipinski definition) is 3. The van der Waals surface area contributed by atoms with Crippen molar-refractivity contribution in [1.29, 1.82) is 0 Å². The maximum absolute atomic E-state index is 14.1. The first-order valence-corrected chi connectivity index (χ1v) is 15.6. The lowest BCUT2D eigenvalue weighted by molar-refractivity contribution is -0.126. The number of hydrogen-bond acceptors (Lipinski definition) is 4. The number of H-pyrrole nitrogens is 1. The maximum atomic E-state index is 14.1. The van der Waals surface area contributed by atoms with Gasteiger partial charge in [-0.1, -0.05) is 66.7 Å². The number of fused-ring (bicyclic) bond motifs is 1. The molecule has 1 aliphatic carbocycles. The van der Waals surface area contributed by atoms with Crippen LogP contribution in [0.3, 0.4) is 0 Å². The molecule has 1 amide bonds. The molecular weight excluding hydrogens is 567 g/mol. The summed E-state index contributed by atoms with van der Waals surface area (Å²) in [6.07, 6.45) is 8.76. The van der Waals surface area contributed by atoms with Gasteiger partial charge in [0.1, 0.15) is 5.54 Å². The lowest BCUT2D eigenvalue weighted by atomic mass is 9.71. The number of rotatable bonds is 9. The van der Waals surface area contributed by atoms with Crippen molar-refractivity contribution in [2.75, 3.05) is 6.54 Å².